The van der Waals surface area contributed by atoms with Crippen LogP contribution in [0.1, 0.15) is 61.3 Å². The van der Waals surface area contributed by atoms with Gasteiger partial charge in [-0.1, -0.05) is 25.2 Å². The van der Waals surface area contributed by atoms with E-state index in [1.54, 1.807) is 12.1 Å². The van der Waals surface area contributed by atoms with Crippen LogP contribution in [-0.4, -0.2) is 41.4 Å². The number of azo groups is 1. The molecule has 1 saturated carbocycles. The highest BCUT2D eigenvalue weighted by atomic mass is 32.2. The van der Waals surface area contributed by atoms with Crippen LogP contribution >= 0.6 is 23.3 Å². The van der Waals surface area contributed by atoms with Gasteiger partial charge >= 0.3 is 11.5 Å². The van der Waals surface area contributed by atoms with Gasteiger partial charge in [0, 0.05) is 19.3 Å². The van der Waals surface area contributed by atoms with Crippen LogP contribution in [0.5, 0.6) is 0 Å². The van der Waals surface area contributed by atoms with Crippen LogP contribution in [-0.2, 0) is 10.2 Å². The molecule has 0 unspecified atom stereocenters. The molecule has 1 aliphatic carbocycles. The minimum absolute atomic E-state index is 0.0695. The Morgan fingerprint density at radius 2 is 2.00 bits per heavy atom. The highest BCUT2D eigenvalue weighted by molar-refractivity contribution is 8.01. The van der Waals surface area contributed by atoms with Crippen LogP contribution in [0.15, 0.2) is 22.4 Å². The zero-order valence-corrected chi connectivity index (χ0v) is 20.6. The van der Waals surface area contributed by atoms with E-state index in [1.165, 1.54) is 0 Å². The van der Waals surface area contributed by atoms with Crippen molar-refractivity contribution in [2.24, 2.45) is 10.2 Å². The van der Waals surface area contributed by atoms with Crippen LogP contribution in [0.3, 0.4) is 0 Å². The summed E-state index contributed by atoms with van der Waals surface area (Å²) in [6.45, 7) is 4.96. The van der Waals surface area contributed by atoms with Crippen molar-refractivity contribution in [1.29, 1.82) is 0 Å². The lowest BCUT2D eigenvalue weighted by Gasteiger charge is -2.39. The maximum atomic E-state index is 12.9. The maximum absolute atomic E-state index is 12.9. The highest BCUT2D eigenvalue weighted by Crippen LogP contribution is 2.46. The summed E-state index contributed by atoms with van der Waals surface area (Å²) in [6, 6.07) is 3.41. The van der Waals surface area contributed by atoms with E-state index in [4.69, 9.17) is 4.74 Å². The van der Waals surface area contributed by atoms with E-state index in [-0.39, 0.29) is 45.0 Å². The number of esters is 1. The predicted octanol–water partition coefficient (Wildman–Crippen LogP) is 6.75. The summed E-state index contributed by atoms with van der Waals surface area (Å²) >= 11 is 0.566. The molecule has 1 aromatic heterocycles. The van der Waals surface area contributed by atoms with Crippen molar-refractivity contribution in [3.8, 4) is 0 Å². The van der Waals surface area contributed by atoms with Crippen LogP contribution in [0.25, 0.3) is 0 Å². The fourth-order valence-electron chi connectivity index (χ4n) is 4.06. The zero-order valence-electron chi connectivity index (χ0n) is 19.0. The average Bonchev–Trinajstić information content (AvgIpc) is 3.45. The number of anilines is 2. The van der Waals surface area contributed by atoms with Gasteiger partial charge in [0.25, 0.3) is 5.13 Å². The molecule has 1 N–H and O–H groups in total. The summed E-state index contributed by atoms with van der Waals surface area (Å²) in [7, 11) is 1.91. The number of halogens is 3. The Morgan fingerprint density at radius 1 is 1.26 bits per heavy atom. The molecule has 8 nitrogen and oxygen atoms in total. The van der Waals surface area contributed by atoms with Gasteiger partial charge in [-0.05, 0) is 55.2 Å². The third kappa shape index (κ3) is 5.80. The van der Waals surface area contributed by atoms with Gasteiger partial charge in [-0.25, -0.2) is 4.79 Å². The van der Waals surface area contributed by atoms with Crippen molar-refractivity contribution in [2.75, 3.05) is 23.2 Å². The fraction of sp³-hybridized carbons (Fsp3) is 0.571. The minimum atomic E-state index is -4.47. The Hall–Kier alpha value is -2.41. The van der Waals surface area contributed by atoms with Gasteiger partial charge < -0.3 is 14.4 Å². The van der Waals surface area contributed by atoms with E-state index in [9.17, 15) is 18.0 Å². The van der Waals surface area contributed by atoms with E-state index >= 15 is 0 Å². The normalized spacial score (nSPS) is 18.4. The molecular weight excluding hydrogens is 489 g/mol. The van der Waals surface area contributed by atoms with Gasteiger partial charge in [0.15, 0.2) is 0 Å². The first-order valence-electron chi connectivity index (χ1n) is 10.9. The number of fused-ring (bicyclic) bond motifs is 1. The van der Waals surface area contributed by atoms with Gasteiger partial charge in [-0.15, -0.1) is 20.4 Å². The summed E-state index contributed by atoms with van der Waals surface area (Å²) in [5.74, 6) is -0.548. The standard InChI is InChI=1S/C21H25F3N6O2S2/c1-20(2)8-9-30(3)16-11-15(29-34-21(22,23)24)14(10-13(16)20)25-27-19-28-26-17(33-19)18(31)32-12-6-4-5-7-12/h10-12,29H,4-9H2,1-3H3. The highest BCUT2D eigenvalue weighted by Gasteiger charge is 2.33. The van der Waals surface area contributed by atoms with E-state index in [2.05, 4.69) is 39.0 Å². The molecule has 184 valence electrons. The van der Waals surface area contributed by atoms with E-state index in [1.807, 2.05) is 11.9 Å². The summed E-state index contributed by atoms with van der Waals surface area (Å²) < 4.78 is 46.4. The molecule has 1 aromatic carbocycles. The lowest BCUT2D eigenvalue weighted by molar-refractivity contribution is -0.0324. The smallest absolute Gasteiger partial charge is 0.457 e. The van der Waals surface area contributed by atoms with Crippen LogP contribution < -0.4 is 9.62 Å². The Labute approximate surface area is 203 Å². The van der Waals surface area contributed by atoms with Gasteiger partial charge in [-0.2, -0.15) is 13.2 Å². The second-order valence-electron chi connectivity index (χ2n) is 8.99. The Balaban J connectivity index is 1.59. The van der Waals surface area contributed by atoms with Gasteiger partial charge in [0.2, 0.25) is 5.01 Å². The molecule has 0 bridgehead atoms. The molecule has 34 heavy (non-hydrogen) atoms. The number of ether oxygens (including phenoxy) is 1. The Bertz CT molecular complexity index is 1080. The molecule has 0 saturated heterocycles. The maximum Gasteiger partial charge on any atom is 0.461 e. The SMILES string of the molecule is CN1CCC(C)(C)c2cc(N=Nc3nnc(C(=O)OC4CCCC4)s3)c(NSC(F)(F)F)cc21. The Kier molecular flexibility index (Phi) is 7.04. The number of rotatable bonds is 6. The second-order valence-corrected chi connectivity index (χ2v) is 10.8. The number of nitrogens with zero attached hydrogens (tertiary/aromatic N) is 5. The monoisotopic (exact) mass is 514 g/mol. The lowest BCUT2D eigenvalue weighted by atomic mass is 9.77. The lowest BCUT2D eigenvalue weighted by Crippen LogP contribution is -2.34. The largest absolute Gasteiger partial charge is 0.461 e. The van der Waals surface area contributed by atoms with Gasteiger partial charge in [0.1, 0.15) is 11.8 Å². The number of benzene rings is 1. The molecule has 13 heteroatoms. The second kappa shape index (κ2) is 9.68. The molecule has 2 heterocycles. The molecule has 1 fully saturated rings. The van der Waals surface area contributed by atoms with Gasteiger partial charge in [0.05, 0.1) is 17.6 Å². The molecule has 1 aliphatic heterocycles. The number of hydrogen-bond acceptors (Lipinski definition) is 10. The third-order valence-corrected chi connectivity index (χ3v) is 7.35. The third-order valence-electron chi connectivity index (χ3n) is 6.01. The first kappa shape index (κ1) is 24.7. The molecule has 0 radical (unpaired) electrons. The Morgan fingerprint density at radius 3 is 2.71 bits per heavy atom. The summed E-state index contributed by atoms with van der Waals surface area (Å²) in [4.78, 5) is 14.3. The number of hydrogen-bond donors (Lipinski definition) is 1. The molecule has 0 atom stereocenters. The number of aromatic nitrogens is 2. The van der Waals surface area contributed by atoms with E-state index < -0.39 is 11.5 Å². The molecule has 2 aliphatic rings. The fourth-order valence-corrected chi connectivity index (χ4v) is 5.00. The summed E-state index contributed by atoms with van der Waals surface area (Å²) in [6.07, 6.45) is 4.53. The first-order valence-corrected chi connectivity index (χ1v) is 12.5. The van der Waals surface area contributed by atoms with Crippen molar-refractivity contribution >= 4 is 51.4 Å². The molecular formula is C21H25F3N6O2S2. The first-order chi connectivity index (χ1) is 16.0. The predicted molar refractivity (Wildman–Crippen MR) is 126 cm³/mol. The zero-order chi connectivity index (χ0) is 24.5. The number of carbonyl (C=O) groups excluding carboxylic acids is 1. The van der Waals surface area contributed by atoms with Crippen molar-refractivity contribution in [3.05, 3.63) is 22.7 Å². The molecule has 0 spiro atoms. The summed E-state index contributed by atoms with van der Waals surface area (Å²) in [5.41, 5.74) is -2.42. The average molecular weight is 515 g/mol. The van der Waals surface area contributed by atoms with Crippen molar-refractivity contribution in [2.45, 2.75) is 63.0 Å². The molecule has 4 rings (SSSR count). The van der Waals surface area contributed by atoms with Crippen molar-refractivity contribution in [3.63, 3.8) is 0 Å². The quantitative estimate of drug-likeness (QED) is 0.259. The number of carbonyl (C=O) groups is 1. The van der Waals surface area contributed by atoms with E-state index in [0.29, 0.717) is 0 Å². The topological polar surface area (TPSA) is 92.1 Å². The molecule has 0 amide bonds. The van der Waals surface area contributed by atoms with Crippen LogP contribution in [0.2, 0.25) is 0 Å². The van der Waals surface area contributed by atoms with Crippen molar-refractivity contribution in [1.82, 2.24) is 10.2 Å². The van der Waals surface area contributed by atoms with E-state index in [0.717, 1.165) is 61.2 Å². The number of alkyl halides is 3. The van der Waals surface area contributed by atoms with Gasteiger partial charge in [-0.3, -0.25) is 0 Å². The minimum Gasteiger partial charge on any atom is -0.457 e. The van der Waals surface area contributed by atoms with Crippen LogP contribution in [0, 0.1) is 0 Å². The summed E-state index contributed by atoms with van der Waals surface area (Å²) in [5, 5.41) is 16.1. The van der Waals surface area contributed by atoms with Crippen LogP contribution in [0.4, 0.5) is 35.4 Å². The number of nitrogens with one attached hydrogen (secondary N) is 1. The molecule has 2 aromatic rings. The van der Waals surface area contributed by atoms with Crippen molar-refractivity contribution < 1.29 is 22.7 Å².